The maximum absolute atomic E-state index is 13.0. The van der Waals surface area contributed by atoms with Crippen LogP contribution in [0.3, 0.4) is 0 Å². The van der Waals surface area contributed by atoms with Gasteiger partial charge in [-0.25, -0.2) is 4.39 Å². The molecule has 4 nitrogen and oxygen atoms in total. The number of carbonyl (C=O) groups is 2. The Morgan fingerprint density at radius 2 is 1.76 bits per heavy atom. The van der Waals surface area contributed by atoms with Gasteiger partial charge in [0.25, 0.3) is 0 Å². The third kappa shape index (κ3) is 4.03. The molecule has 0 saturated heterocycles. The zero-order valence-electron chi connectivity index (χ0n) is 11.1. The number of amides is 2. The molecule has 0 radical (unpaired) electrons. The van der Waals surface area contributed by atoms with Crippen molar-refractivity contribution in [2.75, 3.05) is 10.6 Å². The van der Waals surface area contributed by atoms with Gasteiger partial charge in [0.2, 0.25) is 0 Å². The molecular weight excluding hydrogens is 295 g/mol. The average Bonchev–Trinajstić information content (AvgIpc) is 2.43. The number of benzene rings is 2. The van der Waals surface area contributed by atoms with Crippen LogP contribution < -0.4 is 10.6 Å². The molecule has 2 aromatic carbocycles. The molecule has 0 spiro atoms. The van der Waals surface area contributed by atoms with Crippen LogP contribution >= 0.6 is 11.6 Å². The van der Waals surface area contributed by atoms with E-state index < -0.39 is 17.6 Å². The topological polar surface area (TPSA) is 58.2 Å². The fraction of sp³-hybridized carbons (Fsp3) is 0.0667. The molecule has 0 fully saturated rings. The minimum absolute atomic E-state index is 0.206. The minimum Gasteiger partial charge on any atom is -0.318 e. The van der Waals surface area contributed by atoms with E-state index in [9.17, 15) is 14.0 Å². The summed E-state index contributed by atoms with van der Waals surface area (Å²) in [5.41, 5.74) is 1.42. The highest BCUT2D eigenvalue weighted by molar-refractivity contribution is 6.43. The van der Waals surface area contributed by atoms with Crippen molar-refractivity contribution in [1.29, 1.82) is 0 Å². The van der Waals surface area contributed by atoms with Crippen molar-refractivity contribution in [1.82, 2.24) is 0 Å². The summed E-state index contributed by atoms with van der Waals surface area (Å²) in [5, 5.41) is 5.22. The minimum atomic E-state index is -0.889. The number of hydrogen-bond acceptors (Lipinski definition) is 2. The van der Waals surface area contributed by atoms with E-state index in [0.29, 0.717) is 10.7 Å². The van der Waals surface area contributed by atoms with Gasteiger partial charge in [0.05, 0.1) is 0 Å². The molecule has 0 aromatic heterocycles. The number of aryl methyl sites for hydroxylation is 1. The van der Waals surface area contributed by atoms with Crippen LogP contribution in [0.1, 0.15) is 5.56 Å². The van der Waals surface area contributed by atoms with Crippen LogP contribution in [0.2, 0.25) is 5.02 Å². The van der Waals surface area contributed by atoms with Crippen LogP contribution in [-0.2, 0) is 9.59 Å². The summed E-state index contributed by atoms with van der Waals surface area (Å²) < 4.78 is 13.0. The quantitative estimate of drug-likeness (QED) is 0.836. The molecule has 0 saturated carbocycles. The van der Waals surface area contributed by atoms with Crippen LogP contribution in [0.4, 0.5) is 15.8 Å². The SMILES string of the molecule is Cc1ccc(Cl)cc1NC(=O)C(=O)Nc1cccc(F)c1. The van der Waals surface area contributed by atoms with Crippen LogP contribution in [0.15, 0.2) is 42.5 Å². The zero-order chi connectivity index (χ0) is 15.4. The van der Waals surface area contributed by atoms with E-state index in [1.165, 1.54) is 18.2 Å². The van der Waals surface area contributed by atoms with E-state index in [0.717, 1.165) is 11.6 Å². The van der Waals surface area contributed by atoms with Crippen molar-refractivity contribution < 1.29 is 14.0 Å². The number of halogens is 2. The fourth-order valence-electron chi connectivity index (χ4n) is 1.66. The molecule has 108 valence electrons. The van der Waals surface area contributed by atoms with E-state index in [1.54, 1.807) is 25.1 Å². The van der Waals surface area contributed by atoms with Gasteiger partial charge in [-0.15, -0.1) is 0 Å². The van der Waals surface area contributed by atoms with Crippen molar-refractivity contribution in [3.05, 3.63) is 58.9 Å². The zero-order valence-corrected chi connectivity index (χ0v) is 11.9. The number of nitrogens with one attached hydrogen (secondary N) is 2. The predicted molar refractivity (Wildman–Crippen MR) is 79.8 cm³/mol. The van der Waals surface area contributed by atoms with Gasteiger partial charge in [-0.05, 0) is 42.8 Å². The molecule has 0 aliphatic carbocycles. The van der Waals surface area contributed by atoms with Gasteiger partial charge in [-0.1, -0.05) is 23.7 Å². The first kappa shape index (κ1) is 15.0. The summed E-state index contributed by atoms with van der Waals surface area (Å²) >= 11 is 5.83. The lowest BCUT2D eigenvalue weighted by atomic mass is 10.2. The first-order valence-electron chi connectivity index (χ1n) is 6.10. The van der Waals surface area contributed by atoms with Crippen molar-refractivity contribution in [2.45, 2.75) is 6.92 Å². The molecule has 0 atom stereocenters. The van der Waals surface area contributed by atoms with E-state index in [4.69, 9.17) is 11.6 Å². The van der Waals surface area contributed by atoms with Crippen LogP contribution in [-0.4, -0.2) is 11.8 Å². The summed E-state index contributed by atoms with van der Waals surface area (Å²) in [7, 11) is 0. The van der Waals surface area contributed by atoms with Crippen LogP contribution in [0, 0.1) is 12.7 Å². The molecule has 2 aromatic rings. The maximum atomic E-state index is 13.0. The first-order chi connectivity index (χ1) is 9.95. The second-order valence-electron chi connectivity index (χ2n) is 4.38. The molecule has 2 N–H and O–H groups in total. The molecule has 0 aliphatic heterocycles. The Labute approximate surface area is 125 Å². The summed E-state index contributed by atoms with van der Waals surface area (Å²) in [6.45, 7) is 1.77. The lowest BCUT2D eigenvalue weighted by molar-refractivity contribution is -0.133. The highest BCUT2D eigenvalue weighted by atomic mass is 35.5. The standard InChI is InChI=1S/C15H12ClFN2O2/c1-9-5-6-10(16)7-13(9)19-15(21)14(20)18-12-4-2-3-11(17)8-12/h2-8H,1H3,(H,18,20)(H,19,21). The summed E-state index contributed by atoms with van der Waals surface area (Å²) in [6, 6.07) is 10.2. The predicted octanol–water partition coefficient (Wildman–Crippen LogP) is 3.36. The maximum Gasteiger partial charge on any atom is 0.314 e. The third-order valence-electron chi connectivity index (χ3n) is 2.74. The Hall–Kier alpha value is -2.40. The van der Waals surface area contributed by atoms with Crippen LogP contribution in [0.25, 0.3) is 0 Å². The smallest absolute Gasteiger partial charge is 0.314 e. The largest absolute Gasteiger partial charge is 0.318 e. The number of hydrogen-bond donors (Lipinski definition) is 2. The number of anilines is 2. The Morgan fingerprint density at radius 1 is 1.05 bits per heavy atom. The second kappa shape index (κ2) is 6.37. The monoisotopic (exact) mass is 306 g/mol. The summed E-state index contributed by atoms with van der Waals surface area (Å²) in [5.74, 6) is -2.25. The van der Waals surface area contributed by atoms with Crippen molar-refractivity contribution in [2.24, 2.45) is 0 Å². The van der Waals surface area contributed by atoms with Crippen molar-refractivity contribution in [3.63, 3.8) is 0 Å². The van der Waals surface area contributed by atoms with E-state index in [2.05, 4.69) is 10.6 Å². The van der Waals surface area contributed by atoms with Crippen molar-refractivity contribution >= 4 is 34.8 Å². The Balaban J connectivity index is 2.06. The Morgan fingerprint density at radius 3 is 2.48 bits per heavy atom. The molecular formula is C15H12ClFN2O2. The molecule has 0 unspecified atom stereocenters. The lowest BCUT2D eigenvalue weighted by Gasteiger charge is -2.09. The van der Waals surface area contributed by atoms with Gasteiger partial charge in [0.1, 0.15) is 5.82 Å². The summed E-state index contributed by atoms with van der Waals surface area (Å²) in [6.07, 6.45) is 0. The first-order valence-corrected chi connectivity index (χ1v) is 6.47. The molecule has 6 heteroatoms. The number of carbonyl (C=O) groups excluding carboxylic acids is 2. The van der Waals surface area contributed by atoms with Crippen LogP contribution in [0.5, 0.6) is 0 Å². The van der Waals surface area contributed by atoms with E-state index in [1.807, 2.05) is 0 Å². The molecule has 0 aliphatic rings. The van der Waals surface area contributed by atoms with Gasteiger partial charge in [-0.2, -0.15) is 0 Å². The van der Waals surface area contributed by atoms with Gasteiger partial charge < -0.3 is 10.6 Å². The molecule has 21 heavy (non-hydrogen) atoms. The average molecular weight is 307 g/mol. The van der Waals surface area contributed by atoms with Crippen molar-refractivity contribution in [3.8, 4) is 0 Å². The molecule has 0 heterocycles. The highest BCUT2D eigenvalue weighted by Gasteiger charge is 2.15. The van der Waals surface area contributed by atoms with Gasteiger partial charge in [0, 0.05) is 16.4 Å². The molecule has 0 bridgehead atoms. The Bertz CT molecular complexity index is 704. The normalized spacial score (nSPS) is 10.0. The molecule has 2 rings (SSSR count). The second-order valence-corrected chi connectivity index (χ2v) is 4.81. The third-order valence-corrected chi connectivity index (χ3v) is 2.97. The van der Waals surface area contributed by atoms with E-state index >= 15 is 0 Å². The Kier molecular flexibility index (Phi) is 4.55. The molecule has 2 amide bonds. The highest BCUT2D eigenvalue weighted by Crippen LogP contribution is 2.20. The fourth-order valence-corrected chi connectivity index (χ4v) is 1.83. The van der Waals surface area contributed by atoms with Gasteiger partial charge in [-0.3, -0.25) is 9.59 Å². The number of rotatable bonds is 2. The van der Waals surface area contributed by atoms with E-state index in [-0.39, 0.29) is 5.69 Å². The van der Waals surface area contributed by atoms with Gasteiger partial charge in [0.15, 0.2) is 0 Å². The van der Waals surface area contributed by atoms with Gasteiger partial charge >= 0.3 is 11.8 Å². The summed E-state index contributed by atoms with van der Waals surface area (Å²) in [4.78, 5) is 23.6. The lowest BCUT2D eigenvalue weighted by Crippen LogP contribution is -2.29.